The van der Waals surface area contributed by atoms with E-state index in [2.05, 4.69) is 18.7 Å². The first-order valence-electron chi connectivity index (χ1n) is 11.6. The van der Waals surface area contributed by atoms with Gasteiger partial charge in [0.05, 0.1) is 0 Å². The Kier molecular flexibility index (Phi) is 12.4. The van der Waals surface area contributed by atoms with Gasteiger partial charge in [-0.2, -0.15) is 4.31 Å². The van der Waals surface area contributed by atoms with Crippen molar-refractivity contribution in [3.8, 4) is 11.5 Å². The summed E-state index contributed by atoms with van der Waals surface area (Å²) in [5.41, 5.74) is 0.710. The van der Waals surface area contributed by atoms with Crippen LogP contribution in [0.1, 0.15) is 84.6 Å². The fraction of sp³-hybridized carbons (Fsp3) is 0.739. The van der Waals surface area contributed by atoms with Gasteiger partial charge in [-0.15, -0.1) is 0 Å². The fourth-order valence-electron chi connectivity index (χ4n) is 3.39. The Morgan fingerprint density at radius 2 is 1.23 bits per heavy atom. The van der Waals surface area contributed by atoms with Crippen LogP contribution in [0.15, 0.2) is 17.0 Å². The van der Waals surface area contributed by atoms with Gasteiger partial charge in [0.1, 0.15) is 4.90 Å². The van der Waals surface area contributed by atoms with E-state index in [1.54, 1.807) is 6.07 Å². The Hall–Kier alpha value is -1.31. The lowest BCUT2D eigenvalue weighted by atomic mass is 10.1. The summed E-state index contributed by atoms with van der Waals surface area (Å²) in [6, 6.07) is 3.03. The highest BCUT2D eigenvalue weighted by Crippen LogP contribution is 2.36. The van der Waals surface area contributed by atoms with Crippen molar-refractivity contribution in [1.82, 2.24) is 9.21 Å². The molecular weight excluding hydrogens is 400 g/mol. The lowest BCUT2D eigenvalue weighted by Gasteiger charge is -2.25. The average Bonchev–Trinajstić information content (AvgIpc) is 2.72. The molecule has 0 amide bonds. The molecule has 7 heteroatoms. The normalized spacial score (nSPS) is 12.2. The van der Waals surface area contributed by atoms with E-state index in [0.717, 1.165) is 64.5 Å². The molecule has 0 saturated carbocycles. The van der Waals surface area contributed by atoms with Crippen LogP contribution >= 0.6 is 0 Å². The van der Waals surface area contributed by atoms with Crippen molar-refractivity contribution in [3.05, 3.63) is 17.7 Å². The molecule has 6 nitrogen and oxygen atoms in total. The van der Waals surface area contributed by atoms with E-state index in [9.17, 15) is 18.6 Å². The molecule has 0 aliphatic heterocycles. The lowest BCUT2D eigenvalue weighted by Crippen LogP contribution is -2.33. The van der Waals surface area contributed by atoms with Crippen molar-refractivity contribution >= 4 is 10.0 Å². The van der Waals surface area contributed by atoms with Gasteiger partial charge in [0.2, 0.25) is 10.0 Å². The highest BCUT2D eigenvalue weighted by molar-refractivity contribution is 7.89. The van der Waals surface area contributed by atoms with Crippen LogP contribution in [0.5, 0.6) is 11.5 Å². The second kappa shape index (κ2) is 13.9. The van der Waals surface area contributed by atoms with E-state index in [-0.39, 0.29) is 10.6 Å². The molecule has 30 heavy (non-hydrogen) atoms. The average molecular weight is 443 g/mol. The third-order valence-electron chi connectivity index (χ3n) is 5.32. The summed E-state index contributed by atoms with van der Waals surface area (Å²) < 4.78 is 28.1. The second-order valence-corrected chi connectivity index (χ2v) is 9.96. The Morgan fingerprint density at radius 3 is 1.70 bits per heavy atom. The topological polar surface area (TPSA) is 81.1 Å². The number of nitrogens with zero attached hydrogens (tertiary/aromatic N) is 2. The minimum Gasteiger partial charge on any atom is -0.504 e. The minimum atomic E-state index is -3.89. The van der Waals surface area contributed by atoms with Crippen LogP contribution in [0.3, 0.4) is 0 Å². The minimum absolute atomic E-state index is 0.185. The van der Waals surface area contributed by atoms with Crippen molar-refractivity contribution in [1.29, 1.82) is 0 Å². The molecule has 0 saturated heterocycles. The van der Waals surface area contributed by atoms with Gasteiger partial charge in [-0.25, -0.2) is 8.42 Å². The highest BCUT2D eigenvalue weighted by Gasteiger charge is 2.29. The standard InChI is InChI=1S/C23H42N2O4S/c1-5-9-13-24(14-10-6-2)19-20-17-21(26)23(27)22(18-20)30(28,29)25(15-11-7-3)16-12-8-4/h17-18,26-27H,5-16,19H2,1-4H3. The molecule has 1 aromatic rings. The number of phenols is 2. The summed E-state index contributed by atoms with van der Waals surface area (Å²) in [7, 11) is -3.89. The Morgan fingerprint density at radius 1 is 0.767 bits per heavy atom. The van der Waals surface area contributed by atoms with Crippen LogP contribution in [0.2, 0.25) is 0 Å². The zero-order valence-corrected chi connectivity index (χ0v) is 20.2. The van der Waals surface area contributed by atoms with E-state index in [1.165, 1.54) is 10.4 Å². The number of aromatic hydroxyl groups is 2. The molecule has 0 fully saturated rings. The fourth-order valence-corrected chi connectivity index (χ4v) is 5.05. The highest BCUT2D eigenvalue weighted by atomic mass is 32.2. The monoisotopic (exact) mass is 442 g/mol. The third kappa shape index (κ3) is 8.08. The summed E-state index contributed by atoms with van der Waals surface area (Å²) in [5, 5.41) is 20.7. The number of phenolic OH excluding ortho intramolecular Hbond substituents is 2. The van der Waals surface area contributed by atoms with Gasteiger partial charge in [0.15, 0.2) is 11.5 Å². The third-order valence-corrected chi connectivity index (χ3v) is 7.23. The van der Waals surface area contributed by atoms with E-state index < -0.39 is 15.8 Å². The number of hydrogen-bond donors (Lipinski definition) is 2. The Bertz CT molecular complexity index is 706. The van der Waals surface area contributed by atoms with Crippen LogP contribution in [0.25, 0.3) is 0 Å². The van der Waals surface area contributed by atoms with Gasteiger partial charge in [-0.3, -0.25) is 4.90 Å². The molecule has 1 aromatic carbocycles. The van der Waals surface area contributed by atoms with Crippen LogP contribution in [0, 0.1) is 0 Å². The van der Waals surface area contributed by atoms with Gasteiger partial charge >= 0.3 is 0 Å². The van der Waals surface area contributed by atoms with Crippen LogP contribution in [0.4, 0.5) is 0 Å². The second-order valence-electron chi connectivity index (χ2n) is 8.06. The lowest BCUT2D eigenvalue weighted by molar-refractivity contribution is 0.256. The predicted molar refractivity (Wildman–Crippen MR) is 123 cm³/mol. The van der Waals surface area contributed by atoms with Gasteiger partial charge in [0.25, 0.3) is 0 Å². The molecule has 0 aliphatic carbocycles. The quantitative estimate of drug-likeness (QED) is 0.349. The van der Waals surface area contributed by atoms with Crippen LogP contribution in [-0.2, 0) is 16.6 Å². The summed E-state index contributed by atoms with van der Waals surface area (Å²) >= 11 is 0. The molecule has 2 N–H and O–H groups in total. The molecule has 0 aliphatic rings. The molecule has 174 valence electrons. The van der Waals surface area contributed by atoms with Gasteiger partial charge in [-0.05, 0) is 56.5 Å². The van der Waals surface area contributed by atoms with Crippen molar-refractivity contribution in [2.24, 2.45) is 0 Å². The molecule has 0 atom stereocenters. The number of rotatable bonds is 16. The molecule has 0 unspecified atom stereocenters. The molecule has 0 bridgehead atoms. The SMILES string of the molecule is CCCCN(CCCC)Cc1cc(O)c(O)c(S(=O)(=O)N(CCCC)CCCC)c1. The number of benzene rings is 1. The van der Waals surface area contributed by atoms with Crippen molar-refractivity contribution < 1.29 is 18.6 Å². The molecule has 0 heterocycles. The maximum absolute atomic E-state index is 13.3. The zero-order chi connectivity index (χ0) is 22.6. The smallest absolute Gasteiger partial charge is 0.246 e. The van der Waals surface area contributed by atoms with E-state index in [4.69, 9.17) is 0 Å². The van der Waals surface area contributed by atoms with E-state index in [0.29, 0.717) is 25.2 Å². The van der Waals surface area contributed by atoms with Gasteiger partial charge < -0.3 is 10.2 Å². The van der Waals surface area contributed by atoms with Gasteiger partial charge in [0, 0.05) is 19.6 Å². The van der Waals surface area contributed by atoms with Crippen molar-refractivity contribution in [3.63, 3.8) is 0 Å². The maximum Gasteiger partial charge on any atom is 0.246 e. The molecular formula is C23H42N2O4S. The van der Waals surface area contributed by atoms with Crippen molar-refractivity contribution in [2.45, 2.75) is 90.5 Å². The summed E-state index contributed by atoms with van der Waals surface area (Å²) in [6.07, 6.45) is 7.62. The molecule has 0 radical (unpaired) electrons. The molecule has 0 aromatic heterocycles. The van der Waals surface area contributed by atoms with Crippen molar-refractivity contribution in [2.75, 3.05) is 26.2 Å². The first-order valence-corrected chi connectivity index (χ1v) is 13.0. The molecule has 1 rings (SSSR count). The number of unbranched alkanes of at least 4 members (excludes halogenated alkanes) is 4. The van der Waals surface area contributed by atoms with E-state index >= 15 is 0 Å². The van der Waals surface area contributed by atoms with Crippen LogP contribution in [-0.4, -0.2) is 54.0 Å². The Balaban J connectivity index is 3.23. The van der Waals surface area contributed by atoms with Gasteiger partial charge in [-0.1, -0.05) is 53.4 Å². The van der Waals surface area contributed by atoms with E-state index in [1.807, 2.05) is 13.8 Å². The summed E-state index contributed by atoms with van der Waals surface area (Å²) in [5.74, 6) is -0.923. The Labute approximate surface area is 184 Å². The number of sulfonamides is 1. The van der Waals surface area contributed by atoms with Crippen LogP contribution < -0.4 is 0 Å². The maximum atomic E-state index is 13.3. The number of hydrogen-bond acceptors (Lipinski definition) is 5. The first kappa shape index (κ1) is 26.7. The first-order chi connectivity index (χ1) is 14.3. The zero-order valence-electron chi connectivity index (χ0n) is 19.4. The molecule has 0 spiro atoms. The predicted octanol–water partition coefficient (Wildman–Crippen LogP) is 5.09. The largest absolute Gasteiger partial charge is 0.504 e. The summed E-state index contributed by atoms with van der Waals surface area (Å²) in [6.45, 7) is 11.6. The summed E-state index contributed by atoms with van der Waals surface area (Å²) in [4.78, 5) is 2.11.